The normalized spacial score (nSPS) is 17.3. The molecule has 1 saturated heterocycles. The number of carbonyl (C=O) groups excluding carboxylic acids is 1. The Bertz CT molecular complexity index is 1330. The standard InChI is InChI=1S/C21H20ClNO6S2/c1-12-8-15-14(10-19(24)29-17(15)9-13(12)2)11-28-21(25)16-4-3-7-23(16)31(26,27)20-6-5-18(22)30-20/h5-6,8-10,16H,3-4,7,11H2,1-2H3/t16-/m0/s1. The van der Waals surface area contributed by atoms with E-state index >= 15 is 0 Å². The van der Waals surface area contributed by atoms with Crippen molar-refractivity contribution < 1.29 is 22.4 Å². The molecule has 31 heavy (non-hydrogen) atoms. The molecular weight excluding hydrogens is 462 g/mol. The molecule has 7 nitrogen and oxygen atoms in total. The molecule has 0 saturated carbocycles. The van der Waals surface area contributed by atoms with Crippen LogP contribution in [0.1, 0.15) is 29.5 Å². The van der Waals surface area contributed by atoms with Crippen molar-refractivity contribution in [1.29, 1.82) is 0 Å². The summed E-state index contributed by atoms with van der Waals surface area (Å²) in [6.45, 7) is 3.93. The van der Waals surface area contributed by atoms with Gasteiger partial charge in [0.1, 0.15) is 22.4 Å². The van der Waals surface area contributed by atoms with Crippen LogP contribution in [0.4, 0.5) is 0 Å². The number of nitrogens with zero attached hydrogens (tertiary/aromatic N) is 1. The molecule has 164 valence electrons. The van der Waals surface area contributed by atoms with E-state index in [0.29, 0.717) is 33.7 Å². The second-order valence-electron chi connectivity index (χ2n) is 7.46. The van der Waals surface area contributed by atoms with E-state index in [9.17, 15) is 18.0 Å². The topological polar surface area (TPSA) is 93.9 Å². The van der Waals surface area contributed by atoms with Crippen LogP contribution in [0.3, 0.4) is 0 Å². The van der Waals surface area contributed by atoms with Crippen molar-refractivity contribution in [3.63, 3.8) is 0 Å². The van der Waals surface area contributed by atoms with Crippen LogP contribution in [0.25, 0.3) is 11.0 Å². The summed E-state index contributed by atoms with van der Waals surface area (Å²) in [7, 11) is -3.85. The number of benzene rings is 1. The van der Waals surface area contributed by atoms with Gasteiger partial charge in [-0.15, -0.1) is 11.3 Å². The average Bonchev–Trinajstić information content (AvgIpc) is 3.37. The lowest BCUT2D eigenvalue weighted by atomic mass is 10.0. The van der Waals surface area contributed by atoms with Gasteiger partial charge in [-0.3, -0.25) is 4.79 Å². The Morgan fingerprint density at radius 2 is 2.00 bits per heavy atom. The smallest absolute Gasteiger partial charge is 0.336 e. The van der Waals surface area contributed by atoms with Crippen LogP contribution in [-0.2, 0) is 26.2 Å². The van der Waals surface area contributed by atoms with Gasteiger partial charge in [0, 0.05) is 23.6 Å². The van der Waals surface area contributed by atoms with E-state index in [1.807, 2.05) is 19.9 Å². The van der Waals surface area contributed by atoms with Crippen LogP contribution in [0.2, 0.25) is 4.34 Å². The average molecular weight is 482 g/mol. The van der Waals surface area contributed by atoms with Crippen molar-refractivity contribution in [3.05, 3.63) is 61.8 Å². The number of rotatable bonds is 5. The third kappa shape index (κ3) is 4.27. The fraction of sp³-hybridized carbons (Fsp3) is 0.333. The van der Waals surface area contributed by atoms with Crippen molar-refractivity contribution in [2.45, 2.75) is 43.5 Å². The summed E-state index contributed by atoms with van der Waals surface area (Å²) in [4.78, 5) is 24.7. The Morgan fingerprint density at radius 1 is 1.26 bits per heavy atom. The zero-order valence-corrected chi connectivity index (χ0v) is 19.3. The van der Waals surface area contributed by atoms with Crippen LogP contribution in [0.5, 0.6) is 0 Å². The molecule has 0 N–H and O–H groups in total. The molecule has 3 aromatic rings. The Hall–Kier alpha value is -2.20. The van der Waals surface area contributed by atoms with Crippen molar-refractivity contribution in [2.75, 3.05) is 6.54 Å². The van der Waals surface area contributed by atoms with Gasteiger partial charge in [0.2, 0.25) is 0 Å². The lowest BCUT2D eigenvalue weighted by molar-refractivity contribution is -0.148. The van der Waals surface area contributed by atoms with Crippen molar-refractivity contribution in [1.82, 2.24) is 4.31 Å². The zero-order valence-electron chi connectivity index (χ0n) is 16.9. The molecule has 0 spiro atoms. The van der Waals surface area contributed by atoms with Gasteiger partial charge < -0.3 is 9.15 Å². The molecule has 0 bridgehead atoms. The highest BCUT2D eigenvalue weighted by Crippen LogP contribution is 2.32. The van der Waals surface area contributed by atoms with E-state index in [2.05, 4.69) is 0 Å². The number of sulfonamides is 1. The minimum Gasteiger partial charge on any atom is -0.460 e. The third-order valence-electron chi connectivity index (χ3n) is 5.40. The van der Waals surface area contributed by atoms with Gasteiger partial charge in [-0.25, -0.2) is 13.2 Å². The summed E-state index contributed by atoms with van der Waals surface area (Å²) in [5.41, 5.74) is 2.38. The molecule has 1 fully saturated rings. The molecule has 0 aliphatic carbocycles. The van der Waals surface area contributed by atoms with E-state index in [1.54, 1.807) is 6.07 Å². The Kier molecular flexibility index (Phi) is 5.95. The fourth-order valence-corrected chi connectivity index (χ4v) is 6.92. The van der Waals surface area contributed by atoms with Gasteiger partial charge >= 0.3 is 11.6 Å². The van der Waals surface area contributed by atoms with E-state index in [1.165, 1.54) is 22.5 Å². The summed E-state index contributed by atoms with van der Waals surface area (Å²) in [5.74, 6) is -0.644. The first-order valence-electron chi connectivity index (χ1n) is 9.64. The van der Waals surface area contributed by atoms with E-state index in [-0.39, 0.29) is 17.4 Å². The summed E-state index contributed by atoms with van der Waals surface area (Å²) in [6, 6.07) is 6.97. The minimum absolute atomic E-state index is 0.0923. The number of carbonyl (C=O) groups is 1. The number of fused-ring (bicyclic) bond motifs is 1. The first kappa shape index (κ1) is 22.0. The molecule has 3 heterocycles. The number of esters is 1. The first-order chi connectivity index (χ1) is 14.7. The lowest BCUT2D eigenvalue weighted by Gasteiger charge is -2.22. The minimum atomic E-state index is -3.85. The Balaban J connectivity index is 1.56. The molecule has 1 aliphatic rings. The third-order valence-corrected chi connectivity index (χ3v) is 9.01. The van der Waals surface area contributed by atoms with E-state index in [0.717, 1.165) is 22.5 Å². The van der Waals surface area contributed by atoms with Crippen LogP contribution in [-0.4, -0.2) is 31.3 Å². The highest BCUT2D eigenvalue weighted by Gasteiger charge is 2.41. The molecule has 1 aliphatic heterocycles. The van der Waals surface area contributed by atoms with E-state index in [4.69, 9.17) is 20.8 Å². The Morgan fingerprint density at radius 3 is 2.71 bits per heavy atom. The van der Waals surface area contributed by atoms with Gasteiger partial charge in [-0.1, -0.05) is 11.6 Å². The van der Waals surface area contributed by atoms with Gasteiger partial charge in [-0.05, 0) is 62.1 Å². The monoisotopic (exact) mass is 481 g/mol. The molecule has 4 rings (SSSR count). The number of hydrogen-bond acceptors (Lipinski definition) is 7. The van der Waals surface area contributed by atoms with E-state index < -0.39 is 27.7 Å². The van der Waals surface area contributed by atoms with Gasteiger partial charge in [0.25, 0.3) is 10.0 Å². The summed E-state index contributed by atoms with van der Waals surface area (Å²) in [6.07, 6.45) is 0.918. The molecule has 0 amide bonds. The maximum Gasteiger partial charge on any atom is 0.336 e. The SMILES string of the molecule is Cc1cc2oc(=O)cc(COC(=O)[C@@H]3CCCN3S(=O)(=O)c3ccc(Cl)s3)c2cc1C. The molecule has 0 unspecified atom stereocenters. The predicted octanol–water partition coefficient (Wildman–Crippen LogP) is 4.02. The highest BCUT2D eigenvalue weighted by molar-refractivity contribution is 7.91. The lowest BCUT2D eigenvalue weighted by Crippen LogP contribution is -2.41. The van der Waals surface area contributed by atoms with Crippen LogP contribution >= 0.6 is 22.9 Å². The largest absolute Gasteiger partial charge is 0.460 e. The predicted molar refractivity (Wildman–Crippen MR) is 118 cm³/mol. The summed E-state index contributed by atoms with van der Waals surface area (Å²) >= 11 is 6.83. The number of hydrogen-bond donors (Lipinski definition) is 0. The molecule has 0 radical (unpaired) electrons. The number of aryl methyl sites for hydroxylation is 2. The molecule has 2 aromatic heterocycles. The Labute approximate surface area is 188 Å². The van der Waals surface area contributed by atoms with Crippen molar-refractivity contribution in [3.8, 4) is 0 Å². The van der Waals surface area contributed by atoms with Crippen LogP contribution < -0.4 is 5.63 Å². The molecule has 1 aromatic carbocycles. The number of thiophene rings is 1. The van der Waals surface area contributed by atoms with Gasteiger partial charge in [0.05, 0.1) is 4.34 Å². The second-order valence-corrected chi connectivity index (χ2v) is 11.3. The van der Waals surface area contributed by atoms with Crippen molar-refractivity contribution >= 4 is 49.9 Å². The zero-order chi connectivity index (χ0) is 22.3. The fourth-order valence-electron chi connectivity index (χ4n) is 3.66. The van der Waals surface area contributed by atoms with Gasteiger partial charge in [0.15, 0.2) is 0 Å². The number of halogens is 1. The molecular formula is C21H20ClNO6S2. The number of ether oxygens (including phenoxy) is 1. The summed E-state index contributed by atoms with van der Waals surface area (Å²) < 4.78 is 38.2. The summed E-state index contributed by atoms with van der Waals surface area (Å²) in [5, 5.41) is 0.680. The molecule has 1 atom stereocenters. The van der Waals surface area contributed by atoms with Crippen molar-refractivity contribution in [2.24, 2.45) is 0 Å². The second kappa shape index (κ2) is 8.38. The molecule has 10 heteroatoms. The first-order valence-corrected chi connectivity index (χ1v) is 12.3. The highest BCUT2D eigenvalue weighted by atomic mass is 35.5. The van der Waals surface area contributed by atoms with Crippen LogP contribution in [0.15, 0.2) is 43.8 Å². The van der Waals surface area contributed by atoms with Crippen LogP contribution in [0, 0.1) is 13.8 Å². The van der Waals surface area contributed by atoms with Gasteiger partial charge in [-0.2, -0.15) is 4.31 Å². The maximum atomic E-state index is 12.9. The quantitative estimate of drug-likeness (QED) is 0.403. The maximum absolute atomic E-state index is 12.9.